The fraction of sp³-hybridized carbons (Fsp3) is 0.471. The molecule has 1 aliphatic heterocycles. The molecule has 1 amide bonds. The zero-order chi connectivity index (χ0) is 15.9. The number of piperazine rings is 1. The third kappa shape index (κ3) is 5.58. The van der Waals surface area contributed by atoms with Crippen LogP contribution in [0.15, 0.2) is 35.9 Å². The minimum absolute atomic E-state index is 0.00523. The summed E-state index contributed by atoms with van der Waals surface area (Å²) in [5.41, 5.74) is 2.01. The van der Waals surface area contributed by atoms with E-state index in [0.29, 0.717) is 12.2 Å². The Hall–Kier alpha value is -1.72. The van der Waals surface area contributed by atoms with Crippen molar-refractivity contribution < 1.29 is 19.0 Å². The van der Waals surface area contributed by atoms with Gasteiger partial charge in [-0.25, -0.2) is 4.39 Å². The molecule has 1 fully saturated rings. The summed E-state index contributed by atoms with van der Waals surface area (Å²) < 4.78 is 12.8. The SMILES string of the molecule is CC(C)=CC[NH+]1CC[NH+](CC(=O)Nc2ccc(F)cc2)CC1. The van der Waals surface area contributed by atoms with Crippen molar-refractivity contribution in [3.63, 3.8) is 0 Å². The highest BCUT2D eigenvalue weighted by Gasteiger charge is 2.23. The van der Waals surface area contributed by atoms with Crippen molar-refractivity contribution >= 4 is 11.6 Å². The largest absolute Gasteiger partial charge is 0.322 e. The summed E-state index contributed by atoms with van der Waals surface area (Å²) in [6.45, 7) is 10.0. The van der Waals surface area contributed by atoms with Gasteiger partial charge in [-0.05, 0) is 44.2 Å². The lowest BCUT2D eigenvalue weighted by Gasteiger charge is -2.28. The van der Waals surface area contributed by atoms with Crippen molar-refractivity contribution in [1.29, 1.82) is 0 Å². The highest BCUT2D eigenvalue weighted by molar-refractivity contribution is 5.91. The van der Waals surface area contributed by atoms with E-state index >= 15 is 0 Å². The van der Waals surface area contributed by atoms with E-state index in [9.17, 15) is 9.18 Å². The third-order valence-electron chi connectivity index (χ3n) is 4.00. The molecular formula is C17H26FN3O+2. The van der Waals surface area contributed by atoms with Crippen molar-refractivity contribution in [2.45, 2.75) is 13.8 Å². The average molecular weight is 307 g/mol. The molecule has 4 nitrogen and oxygen atoms in total. The zero-order valence-corrected chi connectivity index (χ0v) is 13.4. The predicted molar refractivity (Wildman–Crippen MR) is 85.6 cm³/mol. The molecule has 5 heteroatoms. The Morgan fingerprint density at radius 3 is 2.32 bits per heavy atom. The summed E-state index contributed by atoms with van der Waals surface area (Å²) in [7, 11) is 0. The van der Waals surface area contributed by atoms with Crippen LogP contribution in [0.3, 0.4) is 0 Å². The van der Waals surface area contributed by atoms with Gasteiger partial charge in [0.05, 0.1) is 6.54 Å². The highest BCUT2D eigenvalue weighted by atomic mass is 19.1. The number of amides is 1. The van der Waals surface area contributed by atoms with Gasteiger partial charge in [0.25, 0.3) is 5.91 Å². The number of hydrogen-bond acceptors (Lipinski definition) is 1. The Bertz CT molecular complexity index is 515. The Kier molecular flexibility index (Phi) is 6.10. The zero-order valence-electron chi connectivity index (χ0n) is 13.4. The number of carbonyl (C=O) groups is 1. The van der Waals surface area contributed by atoms with Crippen molar-refractivity contribution in [2.75, 3.05) is 44.6 Å². The number of carbonyl (C=O) groups excluding carboxylic acids is 1. The smallest absolute Gasteiger partial charge is 0.279 e. The molecule has 3 N–H and O–H groups in total. The number of halogens is 1. The van der Waals surface area contributed by atoms with Crippen LogP contribution in [0.2, 0.25) is 0 Å². The van der Waals surface area contributed by atoms with E-state index in [-0.39, 0.29) is 11.7 Å². The second kappa shape index (κ2) is 8.06. The first-order valence-corrected chi connectivity index (χ1v) is 7.89. The van der Waals surface area contributed by atoms with Gasteiger partial charge >= 0.3 is 0 Å². The number of allylic oxidation sites excluding steroid dienone is 1. The summed E-state index contributed by atoms with van der Waals surface area (Å²) in [6.07, 6.45) is 2.28. The topological polar surface area (TPSA) is 38.0 Å². The Labute approximate surface area is 131 Å². The normalized spacial score (nSPS) is 21.2. The third-order valence-corrected chi connectivity index (χ3v) is 4.00. The van der Waals surface area contributed by atoms with E-state index in [4.69, 9.17) is 0 Å². The van der Waals surface area contributed by atoms with Gasteiger partial charge in [0, 0.05) is 5.69 Å². The molecule has 1 aliphatic rings. The van der Waals surface area contributed by atoms with Gasteiger partial charge < -0.3 is 15.1 Å². The summed E-state index contributed by atoms with van der Waals surface area (Å²) in [5.74, 6) is -0.298. The molecule has 1 aromatic carbocycles. The summed E-state index contributed by atoms with van der Waals surface area (Å²) >= 11 is 0. The molecule has 2 rings (SSSR count). The molecule has 1 aromatic rings. The van der Waals surface area contributed by atoms with E-state index < -0.39 is 0 Å². The molecule has 1 saturated heterocycles. The van der Waals surface area contributed by atoms with Crippen LogP contribution < -0.4 is 15.1 Å². The molecule has 0 bridgehead atoms. The van der Waals surface area contributed by atoms with Gasteiger partial charge in [0.1, 0.15) is 32.0 Å². The molecule has 0 radical (unpaired) electrons. The van der Waals surface area contributed by atoms with E-state index in [1.54, 1.807) is 17.0 Å². The molecule has 0 aliphatic carbocycles. The van der Waals surface area contributed by atoms with Crippen LogP contribution in [-0.4, -0.2) is 45.2 Å². The van der Waals surface area contributed by atoms with E-state index in [1.165, 1.54) is 22.6 Å². The maximum Gasteiger partial charge on any atom is 0.279 e. The van der Waals surface area contributed by atoms with Crippen LogP contribution in [-0.2, 0) is 4.79 Å². The molecular weight excluding hydrogens is 281 g/mol. The van der Waals surface area contributed by atoms with Crippen LogP contribution in [0.4, 0.5) is 10.1 Å². The van der Waals surface area contributed by atoms with Crippen molar-refractivity contribution in [3.8, 4) is 0 Å². The first kappa shape index (κ1) is 16.6. The van der Waals surface area contributed by atoms with Crippen molar-refractivity contribution in [3.05, 3.63) is 41.7 Å². The monoisotopic (exact) mass is 307 g/mol. The van der Waals surface area contributed by atoms with Gasteiger partial charge in [0.15, 0.2) is 6.54 Å². The minimum Gasteiger partial charge on any atom is -0.322 e. The first-order valence-electron chi connectivity index (χ1n) is 7.89. The molecule has 0 saturated carbocycles. The summed E-state index contributed by atoms with van der Waals surface area (Å²) in [6, 6.07) is 5.88. The number of quaternary nitrogens is 2. The van der Waals surface area contributed by atoms with Crippen LogP contribution >= 0.6 is 0 Å². The average Bonchev–Trinajstić information content (AvgIpc) is 2.49. The fourth-order valence-corrected chi connectivity index (χ4v) is 2.65. The molecule has 120 valence electrons. The quantitative estimate of drug-likeness (QED) is 0.631. The maximum atomic E-state index is 12.8. The van der Waals surface area contributed by atoms with E-state index in [1.807, 2.05) is 0 Å². The summed E-state index contributed by atoms with van der Waals surface area (Å²) in [4.78, 5) is 14.9. The summed E-state index contributed by atoms with van der Waals surface area (Å²) in [5, 5.41) is 2.82. The van der Waals surface area contributed by atoms with Gasteiger partial charge in [-0.1, -0.05) is 5.57 Å². The van der Waals surface area contributed by atoms with E-state index in [0.717, 1.165) is 32.7 Å². The second-order valence-electron chi connectivity index (χ2n) is 6.22. The van der Waals surface area contributed by atoms with Crippen molar-refractivity contribution in [1.82, 2.24) is 0 Å². The first-order chi connectivity index (χ1) is 10.5. The fourth-order valence-electron chi connectivity index (χ4n) is 2.65. The van der Waals surface area contributed by atoms with Gasteiger partial charge in [0.2, 0.25) is 0 Å². The predicted octanol–water partition coefficient (Wildman–Crippen LogP) is -0.486. The lowest BCUT2D eigenvalue weighted by atomic mass is 10.2. The lowest BCUT2D eigenvalue weighted by Crippen LogP contribution is -3.28. The molecule has 0 aromatic heterocycles. The molecule has 1 heterocycles. The van der Waals surface area contributed by atoms with Crippen LogP contribution in [0, 0.1) is 5.82 Å². The lowest BCUT2D eigenvalue weighted by molar-refractivity contribution is -1.01. The van der Waals surface area contributed by atoms with Crippen molar-refractivity contribution in [2.24, 2.45) is 0 Å². The molecule has 0 atom stereocenters. The molecule has 0 spiro atoms. The Morgan fingerprint density at radius 2 is 1.73 bits per heavy atom. The standard InChI is InChI=1S/C17H24FN3O/c1-14(2)7-8-20-9-11-21(12-10-20)13-17(22)19-16-5-3-15(18)4-6-16/h3-7H,8-13H2,1-2H3,(H,19,22)/p+2. The van der Waals surface area contributed by atoms with Gasteiger partial charge in [-0.3, -0.25) is 4.79 Å². The number of rotatable bonds is 5. The number of anilines is 1. The number of hydrogen-bond donors (Lipinski definition) is 3. The van der Waals surface area contributed by atoms with Gasteiger partial charge in [-0.15, -0.1) is 0 Å². The van der Waals surface area contributed by atoms with E-state index in [2.05, 4.69) is 25.2 Å². The highest BCUT2D eigenvalue weighted by Crippen LogP contribution is 2.07. The second-order valence-corrected chi connectivity index (χ2v) is 6.22. The molecule has 0 unspecified atom stereocenters. The maximum absolute atomic E-state index is 12.8. The Morgan fingerprint density at radius 1 is 1.14 bits per heavy atom. The molecule has 22 heavy (non-hydrogen) atoms. The number of benzene rings is 1. The minimum atomic E-state index is -0.293. The number of nitrogens with one attached hydrogen (secondary N) is 3. The van der Waals surface area contributed by atoms with Crippen LogP contribution in [0.25, 0.3) is 0 Å². The van der Waals surface area contributed by atoms with Crippen LogP contribution in [0.1, 0.15) is 13.8 Å². The van der Waals surface area contributed by atoms with Gasteiger partial charge in [-0.2, -0.15) is 0 Å². The van der Waals surface area contributed by atoms with Crippen LogP contribution in [0.5, 0.6) is 0 Å². The Balaban J connectivity index is 1.72.